The first-order chi connectivity index (χ1) is 9.74. The lowest BCUT2D eigenvalue weighted by Gasteiger charge is -2.22. The van der Waals surface area contributed by atoms with Crippen molar-refractivity contribution < 1.29 is 4.74 Å². The van der Waals surface area contributed by atoms with Crippen LogP contribution in [-0.4, -0.2) is 31.3 Å². The van der Waals surface area contributed by atoms with Gasteiger partial charge in [-0.2, -0.15) is 0 Å². The Kier molecular flexibility index (Phi) is 6.13. The van der Waals surface area contributed by atoms with Crippen LogP contribution in [0, 0.1) is 0 Å². The number of nitrogens with one attached hydrogen (secondary N) is 2. The van der Waals surface area contributed by atoms with Gasteiger partial charge in [-0.15, -0.1) is 24.0 Å². The summed E-state index contributed by atoms with van der Waals surface area (Å²) in [6, 6.07) is 8.23. The minimum atomic E-state index is 0. The molecule has 1 aromatic rings. The van der Waals surface area contributed by atoms with Gasteiger partial charge in [0.1, 0.15) is 0 Å². The number of halogens is 2. The maximum absolute atomic E-state index is 5.98. The van der Waals surface area contributed by atoms with Crippen LogP contribution in [-0.2, 0) is 11.3 Å². The number of guanidine groups is 1. The largest absolute Gasteiger partial charge is 0.373 e. The minimum absolute atomic E-state index is 0. The molecule has 0 spiro atoms. The molecule has 2 aliphatic heterocycles. The van der Waals surface area contributed by atoms with Crippen molar-refractivity contribution in [1.29, 1.82) is 0 Å². The summed E-state index contributed by atoms with van der Waals surface area (Å²) in [5.74, 6) is 0.825. The van der Waals surface area contributed by atoms with Gasteiger partial charge in [-0.05, 0) is 37.0 Å². The highest BCUT2D eigenvalue weighted by molar-refractivity contribution is 14.0. The third kappa shape index (κ3) is 4.23. The number of rotatable bonds is 3. The number of fused-ring (bicyclic) bond motifs is 2. The highest BCUT2D eigenvalue weighted by atomic mass is 127. The predicted octanol–water partition coefficient (Wildman–Crippen LogP) is 2.94. The molecule has 2 heterocycles. The standard InChI is InChI=1S/C15H20ClN3O.HI/c1-17-15(18-9-10-3-2-4-11(16)7-10)19-13-8-12-5-6-14(13)20-12;/h2-4,7,12-14H,5-6,8-9H2,1H3,(H2,17,18,19);1H. The van der Waals surface area contributed by atoms with Crippen LogP contribution in [0.4, 0.5) is 0 Å². The van der Waals surface area contributed by atoms with Crippen LogP contribution in [0.3, 0.4) is 0 Å². The summed E-state index contributed by atoms with van der Waals surface area (Å²) in [5, 5.41) is 7.54. The summed E-state index contributed by atoms with van der Waals surface area (Å²) >= 11 is 5.98. The maximum Gasteiger partial charge on any atom is 0.191 e. The number of ether oxygens (including phenoxy) is 1. The summed E-state index contributed by atoms with van der Waals surface area (Å²) in [5.41, 5.74) is 1.14. The third-order valence-electron chi connectivity index (χ3n) is 4.00. The summed E-state index contributed by atoms with van der Waals surface area (Å²) < 4.78 is 5.85. The van der Waals surface area contributed by atoms with Crippen molar-refractivity contribution >= 4 is 41.5 Å². The van der Waals surface area contributed by atoms with E-state index in [4.69, 9.17) is 16.3 Å². The Balaban J connectivity index is 0.00000161. The Hall–Kier alpha value is -0.530. The average molecular weight is 422 g/mol. The molecule has 3 rings (SSSR count). The van der Waals surface area contributed by atoms with E-state index in [0.29, 0.717) is 24.8 Å². The van der Waals surface area contributed by atoms with Gasteiger partial charge in [-0.25, -0.2) is 0 Å². The molecule has 2 bridgehead atoms. The topological polar surface area (TPSA) is 45.7 Å². The molecule has 2 aliphatic rings. The van der Waals surface area contributed by atoms with Gasteiger partial charge in [0, 0.05) is 18.6 Å². The molecule has 116 valence electrons. The molecule has 6 heteroatoms. The van der Waals surface area contributed by atoms with Crippen molar-refractivity contribution in [3.8, 4) is 0 Å². The Morgan fingerprint density at radius 2 is 2.29 bits per heavy atom. The number of benzene rings is 1. The fourth-order valence-corrected chi connectivity index (χ4v) is 3.21. The Bertz CT molecular complexity index is 511. The van der Waals surface area contributed by atoms with Gasteiger partial charge in [0.15, 0.2) is 5.96 Å². The zero-order valence-corrected chi connectivity index (χ0v) is 15.1. The molecule has 21 heavy (non-hydrogen) atoms. The zero-order valence-electron chi connectivity index (χ0n) is 12.0. The second kappa shape index (κ2) is 7.65. The quantitative estimate of drug-likeness (QED) is 0.448. The van der Waals surface area contributed by atoms with Crippen molar-refractivity contribution in [3.63, 3.8) is 0 Å². The van der Waals surface area contributed by atoms with E-state index in [9.17, 15) is 0 Å². The van der Waals surface area contributed by atoms with Gasteiger partial charge >= 0.3 is 0 Å². The zero-order chi connectivity index (χ0) is 13.9. The minimum Gasteiger partial charge on any atom is -0.373 e. The van der Waals surface area contributed by atoms with E-state index in [1.807, 2.05) is 24.3 Å². The number of hydrogen-bond donors (Lipinski definition) is 2. The van der Waals surface area contributed by atoms with Gasteiger partial charge in [-0.1, -0.05) is 23.7 Å². The molecule has 0 amide bonds. The normalized spacial score (nSPS) is 27.3. The van der Waals surface area contributed by atoms with Gasteiger partial charge in [0.2, 0.25) is 0 Å². The molecule has 3 unspecified atom stereocenters. The van der Waals surface area contributed by atoms with Gasteiger partial charge in [-0.3, -0.25) is 4.99 Å². The Morgan fingerprint density at radius 3 is 2.90 bits per heavy atom. The second-order valence-corrected chi connectivity index (χ2v) is 5.85. The third-order valence-corrected chi connectivity index (χ3v) is 4.24. The molecule has 1 aromatic carbocycles. The van der Waals surface area contributed by atoms with Crippen LogP contribution in [0.25, 0.3) is 0 Å². The van der Waals surface area contributed by atoms with Crippen molar-refractivity contribution in [1.82, 2.24) is 10.6 Å². The highest BCUT2D eigenvalue weighted by Gasteiger charge is 2.41. The summed E-state index contributed by atoms with van der Waals surface area (Å²) in [7, 11) is 1.79. The van der Waals surface area contributed by atoms with Gasteiger partial charge in [0.25, 0.3) is 0 Å². The average Bonchev–Trinajstić information content (AvgIpc) is 3.06. The van der Waals surface area contributed by atoms with E-state index in [1.54, 1.807) is 7.05 Å². The van der Waals surface area contributed by atoms with Crippen molar-refractivity contribution in [2.24, 2.45) is 4.99 Å². The maximum atomic E-state index is 5.98. The molecular formula is C15H21ClIN3O. The fraction of sp³-hybridized carbons (Fsp3) is 0.533. The smallest absolute Gasteiger partial charge is 0.191 e. The first-order valence-corrected chi connectivity index (χ1v) is 7.49. The fourth-order valence-electron chi connectivity index (χ4n) is 2.99. The predicted molar refractivity (Wildman–Crippen MR) is 96.5 cm³/mol. The molecule has 4 nitrogen and oxygen atoms in total. The van der Waals surface area contributed by atoms with Crippen LogP contribution < -0.4 is 10.6 Å². The summed E-state index contributed by atoms with van der Waals surface area (Å²) in [6.45, 7) is 0.710. The Labute approximate surface area is 147 Å². The molecule has 2 N–H and O–H groups in total. The number of nitrogens with zero attached hydrogens (tertiary/aromatic N) is 1. The molecule has 0 saturated carbocycles. The number of hydrogen-bond acceptors (Lipinski definition) is 2. The van der Waals surface area contributed by atoms with E-state index in [1.165, 1.54) is 6.42 Å². The molecular weight excluding hydrogens is 401 g/mol. The van der Waals surface area contributed by atoms with E-state index < -0.39 is 0 Å². The van der Waals surface area contributed by atoms with E-state index >= 15 is 0 Å². The highest BCUT2D eigenvalue weighted by Crippen LogP contribution is 2.34. The Morgan fingerprint density at radius 1 is 1.43 bits per heavy atom. The van der Waals surface area contributed by atoms with Crippen LogP contribution in [0.1, 0.15) is 24.8 Å². The van der Waals surface area contributed by atoms with E-state index in [2.05, 4.69) is 15.6 Å². The lowest BCUT2D eigenvalue weighted by molar-refractivity contribution is 0.0992. The van der Waals surface area contributed by atoms with Gasteiger partial charge < -0.3 is 15.4 Å². The van der Waals surface area contributed by atoms with E-state index in [-0.39, 0.29) is 24.0 Å². The molecule has 0 radical (unpaired) electrons. The summed E-state index contributed by atoms with van der Waals surface area (Å²) in [4.78, 5) is 4.28. The van der Waals surface area contributed by atoms with Crippen molar-refractivity contribution in [2.45, 2.75) is 44.1 Å². The first kappa shape index (κ1) is 16.8. The SMILES string of the molecule is CN=C(NCc1cccc(Cl)c1)NC1CC2CCC1O2.I. The lowest BCUT2D eigenvalue weighted by Crippen LogP contribution is -2.47. The van der Waals surface area contributed by atoms with Crippen LogP contribution in [0.15, 0.2) is 29.3 Å². The molecule has 0 aromatic heterocycles. The van der Waals surface area contributed by atoms with Crippen LogP contribution in [0.5, 0.6) is 0 Å². The molecule has 0 aliphatic carbocycles. The monoisotopic (exact) mass is 421 g/mol. The molecule has 3 atom stereocenters. The number of aliphatic imine (C=N–C) groups is 1. The van der Waals surface area contributed by atoms with E-state index in [0.717, 1.165) is 29.4 Å². The lowest BCUT2D eigenvalue weighted by atomic mass is 9.96. The second-order valence-electron chi connectivity index (χ2n) is 5.42. The summed E-state index contributed by atoms with van der Waals surface area (Å²) in [6.07, 6.45) is 4.25. The van der Waals surface area contributed by atoms with Crippen molar-refractivity contribution in [3.05, 3.63) is 34.9 Å². The molecule has 2 saturated heterocycles. The van der Waals surface area contributed by atoms with Gasteiger partial charge in [0.05, 0.1) is 18.2 Å². The van der Waals surface area contributed by atoms with Crippen LogP contribution >= 0.6 is 35.6 Å². The first-order valence-electron chi connectivity index (χ1n) is 7.11. The molecule has 2 fully saturated rings. The van der Waals surface area contributed by atoms with Crippen LogP contribution in [0.2, 0.25) is 5.02 Å². The van der Waals surface area contributed by atoms with Crippen molar-refractivity contribution in [2.75, 3.05) is 7.05 Å².